The molecule has 0 aliphatic heterocycles. The van der Waals surface area contributed by atoms with Crippen molar-refractivity contribution in [2.24, 2.45) is 0 Å². The lowest BCUT2D eigenvalue weighted by Gasteiger charge is -2.03. The van der Waals surface area contributed by atoms with Gasteiger partial charge in [-0.3, -0.25) is 0 Å². The molecule has 8 heteroatoms. The van der Waals surface area contributed by atoms with Gasteiger partial charge in [-0.25, -0.2) is 4.98 Å². The van der Waals surface area contributed by atoms with Crippen molar-refractivity contribution in [3.8, 4) is 0 Å². The van der Waals surface area contributed by atoms with Crippen LogP contribution >= 0.6 is 0 Å². The van der Waals surface area contributed by atoms with Crippen LogP contribution in [0.25, 0.3) is 11.2 Å². The summed E-state index contributed by atoms with van der Waals surface area (Å²) in [6, 6.07) is 0. The zero-order valence-corrected chi connectivity index (χ0v) is 6.58. The lowest BCUT2D eigenvalue weighted by Crippen LogP contribution is -2.08. The van der Waals surface area contributed by atoms with E-state index in [4.69, 9.17) is 5.73 Å². The monoisotopic (exact) mass is 202 g/mol. The molecule has 2 aromatic heterocycles. The average molecular weight is 202 g/mol. The van der Waals surface area contributed by atoms with Gasteiger partial charge in [-0.05, 0) is 0 Å². The van der Waals surface area contributed by atoms with Crippen molar-refractivity contribution in [1.82, 2.24) is 19.9 Å². The first kappa shape index (κ1) is 8.73. The number of fused-ring (bicyclic) bond motifs is 1. The number of alkyl halides is 3. The van der Waals surface area contributed by atoms with E-state index in [0.29, 0.717) is 0 Å². The van der Waals surface area contributed by atoms with Crippen LogP contribution in [-0.4, -0.2) is 15.0 Å². The Bertz CT molecular complexity index is 474. The van der Waals surface area contributed by atoms with Crippen LogP contribution in [0.2, 0.25) is 0 Å². The number of anilines is 1. The maximum atomic E-state index is 12.1. The summed E-state index contributed by atoms with van der Waals surface area (Å²) in [5, 5.41) is 0. The van der Waals surface area contributed by atoms with Crippen LogP contribution in [-0.2, 0) is 6.18 Å². The van der Waals surface area contributed by atoms with Crippen molar-refractivity contribution in [1.29, 1.82) is 0 Å². The Morgan fingerprint density at radius 3 is 2.64 bits per heavy atom. The molecule has 14 heavy (non-hydrogen) atoms. The number of nitrogens with zero attached hydrogens (tertiary/aromatic N) is 4. The number of nitrogen functional groups attached to an aromatic ring is 1. The smallest absolute Gasteiger partial charge is 0.381 e. The van der Waals surface area contributed by atoms with Gasteiger partial charge in [-0.15, -0.1) is 0 Å². The van der Waals surface area contributed by atoms with E-state index in [1.165, 1.54) is 0 Å². The first-order chi connectivity index (χ1) is 6.47. The van der Waals surface area contributed by atoms with Crippen LogP contribution in [0, 0.1) is 0 Å². The van der Waals surface area contributed by atoms with Gasteiger partial charge in [0.15, 0.2) is 0 Å². The van der Waals surface area contributed by atoms with E-state index in [1.54, 1.807) is 0 Å². The first-order valence-corrected chi connectivity index (χ1v) is 3.47. The lowest BCUT2D eigenvalue weighted by atomic mass is 10.6. The van der Waals surface area contributed by atoms with Gasteiger partial charge < -0.3 is 20.7 Å². The molecule has 5 nitrogen and oxygen atoms in total. The highest BCUT2D eigenvalue weighted by molar-refractivity contribution is 5.70. The average Bonchev–Trinajstić information content (AvgIpc) is 2.45. The largest absolute Gasteiger partial charge is 0.421 e. The number of aromatic nitrogens is 4. The highest BCUT2D eigenvalue weighted by Gasteiger charge is 2.30. The van der Waals surface area contributed by atoms with Crippen LogP contribution in [0.5, 0.6) is 0 Å². The summed E-state index contributed by atoms with van der Waals surface area (Å²) in [4.78, 5) is 13.4. The maximum absolute atomic E-state index is 12.1. The fraction of sp³-hybridized carbons (Fsp3) is 0.167. The van der Waals surface area contributed by atoms with E-state index in [9.17, 15) is 13.2 Å². The summed E-state index contributed by atoms with van der Waals surface area (Å²) in [5.74, 6) is -1.36. The van der Waals surface area contributed by atoms with Gasteiger partial charge in [-0.2, -0.15) is 13.2 Å². The predicted molar refractivity (Wildman–Crippen MR) is 40.1 cm³/mol. The minimum atomic E-state index is -4.57. The molecule has 2 heterocycles. The second-order valence-electron chi connectivity index (χ2n) is 2.48. The fourth-order valence-electron chi connectivity index (χ4n) is 0.907. The Balaban J connectivity index is 2.63. The van der Waals surface area contributed by atoms with Crippen molar-refractivity contribution >= 4 is 17.1 Å². The summed E-state index contributed by atoms with van der Waals surface area (Å²) in [7, 11) is 0. The fourth-order valence-corrected chi connectivity index (χ4v) is 0.907. The molecule has 0 spiro atoms. The number of rotatable bonds is 0. The summed E-state index contributed by atoms with van der Waals surface area (Å²) < 4.78 is 36.4. The third kappa shape index (κ3) is 1.34. The van der Waals surface area contributed by atoms with E-state index in [1.807, 2.05) is 0 Å². The first-order valence-electron chi connectivity index (χ1n) is 3.47. The van der Waals surface area contributed by atoms with Crippen LogP contribution < -0.4 is 10.7 Å². The summed E-state index contributed by atoms with van der Waals surface area (Å²) in [5.41, 5.74) is 5.00. The zero-order chi connectivity index (χ0) is 10.3. The molecule has 0 atom stereocenters. The summed E-state index contributed by atoms with van der Waals surface area (Å²) in [6.45, 7) is 0. The third-order valence-electron chi connectivity index (χ3n) is 1.46. The van der Waals surface area contributed by atoms with Crippen molar-refractivity contribution < 1.29 is 13.2 Å². The van der Waals surface area contributed by atoms with E-state index in [2.05, 4.69) is 19.9 Å². The molecule has 0 aromatic carbocycles. The lowest BCUT2D eigenvalue weighted by molar-refractivity contribution is -0.144. The zero-order valence-electron chi connectivity index (χ0n) is 6.58. The minimum Gasteiger partial charge on any atom is -0.381 e. The van der Waals surface area contributed by atoms with Gasteiger partial charge in [0, 0.05) is 17.4 Å². The molecular formula is C6H3F3N5-. The SMILES string of the molecule is Nc1ncc2nc(C(F)(F)F)[n-]c2n1. The molecule has 0 aliphatic rings. The number of hydrogen-bond donors (Lipinski definition) is 1. The molecule has 0 amide bonds. The Labute approximate surface area is 75.2 Å². The Morgan fingerprint density at radius 1 is 1.29 bits per heavy atom. The van der Waals surface area contributed by atoms with Crippen LogP contribution in [0.4, 0.5) is 19.1 Å². The standard InChI is InChI=1S/C6H3F3N5/c7-6(8,9)4-12-2-1-11-5(10)14-3(2)13-4/h1H,(H2-,10,11,12,13,14)/q-1. The second kappa shape index (κ2) is 2.56. The van der Waals surface area contributed by atoms with Crippen LogP contribution in [0.15, 0.2) is 6.20 Å². The highest BCUT2D eigenvalue weighted by Crippen LogP contribution is 2.27. The molecule has 0 aliphatic carbocycles. The van der Waals surface area contributed by atoms with Crippen molar-refractivity contribution in [3.63, 3.8) is 0 Å². The molecule has 2 N–H and O–H groups in total. The highest BCUT2D eigenvalue weighted by atomic mass is 19.4. The van der Waals surface area contributed by atoms with E-state index >= 15 is 0 Å². The van der Waals surface area contributed by atoms with Gasteiger partial charge in [0.25, 0.3) is 0 Å². The second-order valence-corrected chi connectivity index (χ2v) is 2.48. The Hall–Kier alpha value is -1.86. The molecule has 74 valence electrons. The molecule has 0 saturated carbocycles. The quantitative estimate of drug-likeness (QED) is 0.676. The number of hydrogen-bond acceptors (Lipinski definition) is 4. The van der Waals surface area contributed by atoms with Crippen LogP contribution in [0.1, 0.15) is 5.82 Å². The van der Waals surface area contributed by atoms with Gasteiger partial charge in [0.2, 0.25) is 0 Å². The molecule has 0 unspecified atom stereocenters. The minimum absolute atomic E-state index is 0.0217. The Morgan fingerprint density at radius 2 is 2.00 bits per heavy atom. The maximum Gasteiger partial charge on any atom is 0.421 e. The molecule has 0 fully saturated rings. The number of imidazole rings is 1. The number of halogens is 3. The van der Waals surface area contributed by atoms with Crippen molar-refractivity contribution in [3.05, 3.63) is 12.0 Å². The molecule has 2 aromatic rings. The molecule has 0 bridgehead atoms. The van der Waals surface area contributed by atoms with Crippen molar-refractivity contribution in [2.75, 3.05) is 5.73 Å². The van der Waals surface area contributed by atoms with E-state index in [-0.39, 0.29) is 17.1 Å². The van der Waals surface area contributed by atoms with Crippen molar-refractivity contribution in [2.45, 2.75) is 6.18 Å². The van der Waals surface area contributed by atoms with Crippen LogP contribution in [0.3, 0.4) is 0 Å². The van der Waals surface area contributed by atoms with Gasteiger partial charge >= 0.3 is 6.18 Å². The molecular weight excluding hydrogens is 199 g/mol. The summed E-state index contributed by atoms with van der Waals surface area (Å²) >= 11 is 0. The molecule has 2 rings (SSSR count). The predicted octanol–water partition coefficient (Wildman–Crippen LogP) is 0.583. The summed E-state index contributed by atoms with van der Waals surface area (Å²) in [6.07, 6.45) is -3.48. The topological polar surface area (TPSA) is 78.8 Å². The van der Waals surface area contributed by atoms with E-state index < -0.39 is 12.0 Å². The third-order valence-corrected chi connectivity index (χ3v) is 1.46. The molecule has 0 saturated heterocycles. The molecule has 0 radical (unpaired) electrons. The number of nitrogens with two attached hydrogens (primary N) is 1. The normalized spacial score (nSPS) is 12.2. The Kier molecular flexibility index (Phi) is 1.60. The van der Waals surface area contributed by atoms with Gasteiger partial charge in [0.1, 0.15) is 5.95 Å². The van der Waals surface area contributed by atoms with Gasteiger partial charge in [0.05, 0.1) is 5.82 Å². The van der Waals surface area contributed by atoms with Gasteiger partial charge in [-0.1, -0.05) is 0 Å². The van der Waals surface area contributed by atoms with E-state index in [0.717, 1.165) is 6.20 Å².